The molecule has 0 amide bonds. The summed E-state index contributed by atoms with van der Waals surface area (Å²) in [5.41, 5.74) is 1.08. The van der Waals surface area contributed by atoms with E-state index >= 15 is 0 Å². The molecule has 2 rings (SSSR count). The smallest absolute Gasteiger partial charge is 0.0637 e. The molecule has 0 aliphatic heterocycles. The molecule has 0 aromatic heterocycles. The van der Waals surface area contributed by atoms with Gasteiger partial charge in [0.15, 0.2) is 0 Å². The molecule has 0 heterocycles. The van der Waals surface area contributed by atoms with Crippen molar-refractivity contribution in [1.29, 1.82) is 0 Å². The van der Waals surface area contributed by atoms with Gasteiger partial charge in [0.05, 0.1) is 10.7 Å². The molecule has 0 spiro atoms. The number of halogens is 1. The summed E-state index contributed by atoms with van der Waals surface area (Å²) in [5, 5.41) is 4.35. The molecular formula is C12H16ClN. The Kier molecular flexibility index (Phi) is 2.97. The first-order chi connectivity index (χ1) is 6.77. The Labute approximate surface area is 90.5 Å². The van der Waals surface area contributed by atoms with E-state index in [1.807, 2.05) is 24.3 Å². The number of benzene rings is 1. The number of para-hydroxylation sites is 1. The van der Waals surface area contributed by atoms with Crippen LogP contribution in [0.4, 0.5) is 5.69 Å². The highest BCUT2D eigenvalue weighted by atomic mass is 35.5. The fourth-order valence-corrected chi connectivity index (χ4v) is 2.33. The molecule has 1 saturated carbocycles. The lowest BCUT2D eigenvalue weighted by Gasteiger charge is -2.19. The molecule has 0 saturated heterocycles. The van der Waals surface area contributed by atoms with Crippen molar-refractivity contribution in [3.05, 3.63) is 29.3 Å². The molecule has 1 aromatic carbocycles. The van der Waals surface area contributed by atoms with Crippen LogP contribution in [0.2, 0.25) is 5.02 Å². The molecule has 2 unspecified atom stereocenters. The highest BCUT2D eigenvalue weighted by Crippen LogP contribution is 2.30. The minimum atomic E-state index is 0.606. The summed E-state index contributed by atoms with van der Waals surface area (Å²) >= 11 is 6.09. The molecule has 1 N–H and O–H groups in total. The summed E-state index contributed by atoms with van der Waals surface area (Å²) < 4.78 is 0. The van der Waals surface area contributed by atoms with Gasteiger partial charge in [0.25, 0.3) is 0 Å². The Balaban J connectivity index is 2.07. The Morgan fingerprint density at radius 3 is 2.71 bits per heavy atom. The van der Waals surface area contributed by atoms with Gasteiger partial charge >= 0.3 is 0 Å². The van der Waals surface area contributed by atoms with Gasteiger partial charge in [-0.1, -0.05) is 37.1 Å². The van der Waals surface area contributed by atoms with Crippen LogP contribution in [0, 0.1) is 5.92 Å². The number of anilines is 1. The minimum Gasteiger partial charge on any atom is -0.381 e. The van der Waals surface area contributed by atoms with E-state index in [0.717, 1.165) is 16.6 Å². The fraction of sp³-hybridized carbons (Fsp3) is 0.500. The molecule has 14 heavy (non-hydrogen) atoms. The lowest BCUT2D eigenvalue weighted by atomic mass is 10.1. The van der Waals surface area contributed by atoms with Crippen molar-refractivity contribution in [2.45, 2.75) is 32.2 Å². The molecule has 2 atom stereocenters. The van der Waals surface area contributed by atoms with Gasteiger partial charge in [-0.05, 0) is 30.9 Å². The maximum absolute atomic E-state index is 6.09. The van der Waals surface area contributed by atoms with Crippen LogP contribution in [0.5, 0.6) is 0 Å². The minimum absolute atomic E-state index is 0.606. The predicted octanol–water partition coefficient (Wildman–Crippen LogP) is 3.94. The van der Waals surface area contributed by atoms with Gasteiger partial charge in [-0.3, -0.25) is 0 Å². The zero-order valence-corrected chi connectivity index (χ0v) is 9.22. The Bertz CT molecular complexity index is 311. The highest BCUT2D eigenvalue weighted by molar-refractivity contribution is 6.33. The zero-order chi connectivity index (χ0) is 9.97. The first-order valence-electron chi connectivity index (χ1n) is 5.28. The first kappa shape index (κ1) is 9.85. The van der Waals surface area contributed by atoms with Crippen molar-refractivity contribution in [1.82, 2.24) is 0 Å². The van der Waals surface area contributed by atoms with Crippen molar-refractivity contribution < 1.29 is 0 Å². The first-order valence-corrected chi connectivity index (χ1v) is 5.66. The summed E-state index contributed by atoms with van der Waals surface area (Å²) in [5.74, 6) is 0.770. The van der Waals surface area contributed by atoms with Crippen molar-refractivity contribution in [2.75, 3.05) is 5.32 Å². The van der Waals surface area contributed by atoms with Gasteiger partial charge in [-0.2, -0.15) is 0 Å². The van der Waals surface area contributed by atoms with Gasteiger partial charge in [-0.15, -0.1) is 0 Å². The van der Waals surface area contributed by atoms with E-state index < -0.39 is 0 Å². The molecule has 1 aliphatic carbocycles. The van der Waals surface area contributed by atoms with E-state index in [4.69, 9.17) is 11.6 Å². The number of nitrogens with one attached hydrogen (secondary N) is 1. The maximum atomic E-state index is 6.09. The summed E-state index contributed by atoms with van der Waals surface area (Å²) in [6.45, 7) is 2.31. The second-order valence-corrected chi connectivity index (χ2v) is 4.55. The molecule has 1 aromatic rings. The van der Waals surface area contributed by atoms with Crippen LogP contribution in [0.15, 0.2) is 24.3 Å². The summed E-state index contributed by atoms with van der Waals surface area (Å²) in [4.78, 5) is 0. The Hall–Kier alpha value is -0.690. The zero-order valence-electron chi connectivity index (χ0n) is 8.46. The largest absolute Gasteiger partial charge is 0.381 e. The number of rotatable bonds is 2. The Morgan fingerprint density at radius 2 is 2.07 bits per heavy atom. The van der Waals surface area contributed by atoms with Crippen molar-refractivity contribution in [3.63, 3.8) is 0 Å². The summed E-state index contributed by atoms with van der Waals surface area (Å²) in [6.07, 6.45) is 3.94. The second-order valence-electron chi connectivity index (χ2n) is 4.14. The van der Waals surface area contributed by atoms with Crippen LogP contribution in [0.25, 0.3) is 0 Å². The molecule has 2 heteroatoms. The van der Waals surface area contributed by atoms with Crippen LogP contribution < -0.4 is 5.32 Å². The second kappa shape index (κ2) is 4.22. The maximum Gasteiger partial charge on any atom is 0.0637 e. The molecule has 1 fully saturated rings. The lowest BCUT2D eigenvalue weighted by Crippen LogP contribution is -2.21. The van der Waals surface area contributed by atoms with Crippen LogP contribution in [0.1, 0.15) is 26.2 Å². The average molecular weight is 210 g/mol. The average Bonchev–Trinajstić information content (AvgIpc) is 2.56. The summed E-state index contributed by atoms with van der Waals surface area (Å²) in [7, 11) is 0. The monoisotopic (exact) mass is 209 g/mol. The van der Waals surface area contributed by atoms with E-state index in [-0.39, 0.29) is 0 Å². The van der Waals surface area contributed by atoms with Crippen LogP contribution >= 0.6 is 11.6 Å². The molecule has 1 aliphatic rings. The van der Waals surface area contributed by atoms with E-state index in [1.54, 1.807) is 0 Å². The number of hydrogen-bond acceptors (Lipinski definition) is 1. The molecule has 1 nitrogen and oxygen atoms in total. The normalized spacial score (nSPS) is 26.4. The molecular weight excluding hydrogens is 194 g/mol. The highest BCUT2D eigenvalue weighted by Gasteiger charge is 2.23. The van der Waals surface area contributed by atoms with Gasteiger partial charge in [0, 0.05) is 6.04 Å². The predicted molar refractivity (Wildman–Crippen MR) is 61.9 cm³/mol. The standard InChI is InChI=1S/C12H16ClN/c1-9-5-4-8-11(9)14-12-7-3-2-6-10(12)13/h2-3,6-7,9,11,14H,4-5,8H2,1H3. The van der Waals surface area contributed by atoms with Crippen molar-refractivity contribution in [2.24, 2.45) is 5.92 Å². The number of hydrogen-bond donors (Lipinski definition) is 1. The van der Waals surface area contributed by atoms with Gasteiger partial charge < -0.3 is 5.32 Å². The third-order valence-electron chi connectivity index (χ3n) is 3.08. The van der Waals surface area contributed by atoms with Crippen LogP contribution in [0.3, 0.4) is 0 Å². The quantitative estimate of drug-likeness (QED) is 0.778. The van der Waals surface area contributed by atoms with E-state index in [1.165, 1.54) is 19.3 Å². The third-order valence-corrected chi connectivity index (χ3v) is 3.41. The van der Waals surface area contributed by atoms with Crippen molar-refractivity contribution >= 4 is 17.3 Å². The van der Waals surface area contributed by atoms with E-state index in [0.29, 0.717) is 6.04 Å². The van der Waals surface area contributed by atoms with Crippen LogP contribution in [-0.4, -0.2) is 6.04 Å². The fourth-order valence-electron chi connectivity index (χ4n) is 2.14. The molecule has 0 radical (unpaired) electrons. The summed E-state index contributed by atoms with van der Waals surface area (Å²) in [6, 6.07) is 8.57. The molecule has 76 valence electrons. The van der Waals surface area contributed by atoms with E-state index in [2.05, 4.69) is 12.2 Å². The van der Waals surface area contributed by atoms with Gasteiger partial charge in [0.1, 0.15) is 0 Å². The third kappa shape index (κ3) is 2.03. The van der Waals surface area contributed by atoms with Crippen LogP contribution in [-0.2, 0) is 0 Å². The SMILES string of the molecule is CC1CCCC1Nc1ccccc1Cl. The Morgan fingerprint density at radius 1 is 1.29 bits per heavy atom. The topological polar surface area (TPSA) is 12.0 Å². The van der Waals surface area contributed by atoms with E-state index in [9.17, 15) is 0 Å². The van der Waals surface area contributed by atoms with Gasteiger partial charge in [-0.25, -0.2) is 0 Å². The van der Waals surface area contributed by atoms with Crippen molar-refractivity contribution in [3.8, 4) is 0 Å². The van der Waals surface area contributed by atoms with Gasteiger partial charge in [0.2, 0.25) is 0 Å². The molecule has 0 bridgehead atoms. The lowest BCUT2D eigenvalue weighted by molar-refractivity contribution is 0.556.